The van der Waals surface area contributed by atoms with E-state index in [1.54, 1.807) is 42.7 Å². The normalized spacial score (nSPS) is 10.0. The molecule has 1 aromatic heterocycles. The maximum atomic E-state index is 11.7. The van der Waals surface area contributed by atoms with E-state index >= 15 is 0 Å². The van der Waals surface area contributed by atoms with Gasteiger partial charge in [0.25, 0.3) is 5.91 Å². The number of hydrogen-bond acceptors (Lipinski definition) is 3. The van der Waals surface area contributed by atoms with Gasteiger partial charge in [-0.15, -0.1) is 0 Å². The molecule has 0 unspecified atom stereocenters. The molecule has 2 aromatic rings. The van der Waals surface area contributed by atoms with Crippen molar-refractivity contribution < 1.29 is 4.79 Å². The minimum absolute atomic E-state index is 0.157. The minimum Gasteiger partial charge on any atom is -0.399 e. The molecular formula is C10H9N3O. The first-order valence-electron chi connectivity index (χ1n) is 4.17. The lowest BCUT2D eigenvalue weighted by atomic mass is 10.2. The summed E-state index contributed by atoms with van der Waals surface area (Å²) < 4.78 is 1.28. The first-order valence-corrected chi connectivity index (χ1v) is 4.17. The average molecular weight is 187 g/mol. The molecule has 0 spiro atoms. The fourth-order valence-electron chi connectivity index (χ4n) is 1.15. The number of carbonyl (C=O) groups is 1. The van der Waals surface area contributed by atoms with Crippen LogP contribution in [0.25, 0.3) is 0 Å². The molecule has 14 heavy (non-hydrogen) atoms. The number of anilines is 1. The van der Waals surface area contributed by atoms with E-state index in [0.717, 1.165) is 0 Å². The third kappa shape index (κ3) is 1.50. The number of nitrogens with two attached hydrogens (primary N) is 1. The maximum Gasteiger partial charge on any atom is 0.278 e. The summed E-state index contributed by atoms with van der Waals surface area (Å²) in [5, 5.41) is 3.85. The monoisotopic (exact) mass is 187 g/mol. The lowest BCUT2D eigenvalue weighted by Crippen LogP contribution is -2.12. The number of nitrogens with zero attached hydrogens (tertiary/aromatic N) is 2. The number of nitrogen functional groups attached to an aromatic ring is 1. The Morgan fingerprint density at radius 1 is 1.29 bits per heavy atom. The van der Waals surface area contributed by atoms with Crippen LogP contribution in [0.3, 0.4) is 0 Å². The van der Waals surface area contributed by atoms with Crippen molar-refractivity contribution in [2.75, 3.05) is 5.73 Å². The number of benzene rings is 1. The quantitative estimate of drug-likeness (QED) is 0.681. The zero-order chi connectivity index (χ0) is 9.97. The van der Waals surface area contributed by atoms with Crippen molar-refractivity contribution in [2.24, 2.45) is 0 Å². The van der Waals surface area contributed by atoms with E-state index in [-0.39, 0.29) is 5.91 Å². The van der Waals surface area contributed by atoms with Crippen LogP contribution in [-0.2, 0) is 0 Å². The summed E-state index contributed by atoms with van der Waals surface area (Å²) in [6, 6.07) is 8.45. The molecular weight excluding hydrogens is 178 g/mol. The van der Waals surface area contributed by atoms with Crippen LogP contribution in [0.1, 0.15) is 10.4 Å². The SMILES string of the molecule is Nc1ccc(C(=O)n2cccn2)cc1. The van der Waals surface area contributed by atoms with Gasteiger partial charge in [0.1, 0.15) is 0 Å². The molecule has 0 bridgehead atoms. The Labute approximate surface area is 81.0 Å². The minimum atomic E-state index is -0.157. The predicted molar refractivity (Wildman–Crippen MR) is 52.8 cm³/mol. The Balaban J connectivity index is 2.33. The molecule has 1 aromatic carbocycles. The highest BCUT2D eigenvalue weighted by Crippen LogP contribution is 2.06. The molecule has 4 nitrogen and oxygen atoms in total. The highest BCUT2D eigenvalue weighted by Gasteiger charge is 2.06. The average Bonchev–Trinajstić information content (AvgIpc) is 2.71. The zero-order valence-electron chi connectivity index (χ0n) is 7.42. The predicted octanol–water partition coefficient (Wildman–Crippen LogP) is 1.15. The lowest BCUT2D eigenvalue weighted by Gasteiger charge is -2.00. The molecule has 0 saturated heterocycles. The second-order valence-corrected chi connectivity index (χ2v) is 2.88. The molecule has 0 radical (unpaired) electrons. The fraction of sp³-hybridized carbons (Fsp3) is 0. The van der Waals surface area contributed by atoms with Gasteiger partial charge in [-0.1, -0.05) is 0 Å². The highest BCUT2D eigenvalue weighted by atomic mass is 16.2. The second-order valence-electron chi connectivity index (χ2n) is 2.88. The Bertz CT molecular complexity index is 431. The smallest absolute Gasteiger partial charge is 0.278 e. The third-order valence-electron chi connectivity index (χ3n) is 1.87. The number of carbonyl (C=O) groups excluding carboxylic acids is 1. The van der Waals surface area contributed by atoms with Crippen molar-refractivity contribution in [1.29, 1.82) is 0 Å². The summed E-state index contributed by atoms with van der Waals surface area (Å²) >= 11 is 0. The van der Waals surface area contributed by atoms with E-state index in [2.05, 4.69) is 5.10 Å². The Kier molecular flexibility index (Phi) is 2.02. The van der Waals surface area contributed by atoms with E-state index in [1.807, 2.05) is 0 Å². The third-order valence-corrected chi connectivity index (χ3v) is 1.87. The van der Waals surface area contributed by atoms with Crippen LogP contribution in [0, 0.1) is 0 Å². The van der Waals surface area contributed by atoms with Crippen molar-refractivity contribution in [3.8, 4) is 0 Å². The van der Waals surface area contributed by atoms with Crippen molar-refractivity contribution in [1.82, 2.24) is 9.78 Å². The Morgan fingerprint density at radius 2 is 2.00 bits per heavy atom. The van der Waals surface area contributed by atoms with Crippen molar-refractivity contribution in [3.63, 3.8) is 0 Å². The standard InChI is InChI=1S/C10H9N3O/c11-9-4-2-8(3-5-9)10(14)13-7-1-6-12-13/h1-7H,11H2. The topological polar surface area (TPSA) is 60.9 Å². The van der Waals surface area contributed by atoms with Gasteiger partial charge < -0.3 is 5.73 Å². The molecule has 2 rings (SSSR count). The van der Waals surface area contributed by atoms with Gasteiger partial charge in [-0.2, -0.15) is 5.10 Å². The van der Waals surface area contributed by atoms with E-state index < -0.39 is 0 Å². The van der Waals surface area contributed by atoms with Gasteiger partial charge in [-0.25, -0.2) is 4.68 Å². The van der Waals surface area contributed by atoms with Crippen molar-refractivity contribution in [3.05, 3.63) is 48.3 Å². The van der Waals surface area contributed by atoms with Gasteiger partial charge in [0.05, 0.1) is 0 Å². The zero-order valence-corrected chi connectivity index (χ0v) is 7.42. The van der Waals surface area contributed by atoms with Crippen LogP contribution in [0.15, 0.2) is 42.7 Å². The van der Waals surface area contributed by atoms with Gasteiger partial charge in [-0.05, 0) is 30.3 Å². The Morgan fingerprint density at radius 3 is 2.57 bits per heavy atom. The van der Waals surface area contributed by atoms with Crippen LogP contribution < -0.4 is 5.73 Å². The Hall–Kier alpha value is -2.10. The van der Waals surface area contributed by atoms with Crippen molar-refractivity contribution >= 4 is 11.6 Å². The van der Waals surface area contributed by atoms with Gasteiger partial charge in [0.15, 0.2) is 0 Å². The molecule has 0 atom stereocenters. The van der Waals surface area contributed by atoms with E-state index in [0.29, 0.717) is 11.3 Å². The molecule has 0 aliphatic heterocycles. The van der Waals surface area contributed by atoms with Crippen LogP contribution in [-0.4, -0.2) is 15.7 Å². The first kappa shape index (κ1) is 8.50. The van der Waals surface area contributed by atoms with Gasteiger partial charge in [0.2, 0.25) is 0 Å². The molecule has 0 amide bonds. The summed E-state index contributed by atoms with van der Waals surface area (Å²) in [5.74, 6) is -0.157. The molecule has 1 heterocycles. The van der Waals surface area contributed by atoms with Crippen molar-refractivity contribution in [2.45, 2.75) is 0 Å². The molecule has 70 valence electrons. The van der Waals surface area contributed by atoms with E-state index in [9.17, 15) is 4.79 Å². The van der Waals surface area contributed by atoms with E-state index in [4.69, 9.17) is 5.73 Å². The largest absolute Gasteiger partial charge is 0.399 e. The lowest BCUT2D eigenvalue weighted by molar-refractivity contribution is 0.0945. The second kappa shape index (κ2) is 3.33. The molecule has 4 heteroatoms. The summed E-state index contributed by atoms with van der Waals surface area (Å²) in [5.41, 5.74) is 6.72. The van der Waals surface area contributed by atoms with Gasteiger partial charge in [0, 0.05) is 23.6 Å². The van der Waals surface area contributed by atoms with Crippen LogP contribution >= 0.6 is 0 Å². The van der Waals surface area contributed by atoms with Crippen LogP contribution in [0.5, 0.6) is 0 Å². The van der Waals surface area contributed by atoms with Gasteiger partial charge >= 0.3 is 0 Å². The summed E-state index contributed by atoms with van der Waals surface area (Å²) in [6.45, 7) is 0. The number of hydrogen-bond donors (Lipinski definition) is 1. The molecule has 0 aliphatic rings. The van der Waals surface area contributed by atoms with Gasteiger partial charge in [-0.3, -0.25) is 4.79 Å². The van der Waals surface area contributed by atoms with Crippen LogP contribution in [0.2, 0.25) is 0 Å². The summed E-state index contributed by atoms with van der Waals surface area (Å²) in [6.07, 6.45) is 3.17. The summed E-state index contributed by atoms with van der Waals surface area (Å²) in [4.78, 5) is 11.7. The fourth-order valence-corrected chi connectivity index (χ4v) is 1.15. The highest BCUT2D eigenvalue weighted by molar-refractivity contribution is 5.95. The maximum absolute atomic E-state index is 11.7. The number of rotatable bonds is 1. The number of aromatic nitrogens is 2. The summed E-state index contributed by atoms with van der Waals surface area (Å²) in [7, 11) is 0. The molecule has 0 saturated carbocycles. The van der Waals surface area contributed by atoms with E-state index in [1.165, 1.54) is 4.68 Å². The first-order chi connectivity index (χ1) is 6.77. The molecule has 2 N–H and O–H groups in total. The van der Waals surface area contributed by atoms with Crippen LogP contribution in [0.4, 0.5) is 5.69 Å². The molecule has 0 fully saturated rings. The molecule has 0 aliphatic carbocycles.